The Bertz CT molecular complexity index is 580. The van der Waals surface area contributed by atoms with Crippen molar-refractivity contribution in [3.05, 3.63) is 42.5 Å². The molecule has 2 heteroatoms. The molecule has 0 N–H and O–H groups in total. The maximum Gasteiger partial charge on any atom is 0.214 e. The summed E-state index contributed by atoms with van der Waals surface area (Å²) in [5.41, 5.74) is 2.20. The second-order valence-corrected chi connectivity index (χ2v) is 3.46. The average molecular weight is 208 g/mol. The van der Waals surface area contributed by atoms with Gasteiger partial charge >= 0.3 is 0 Å². The average Bonchev–Trinajstić information content (AvgIpc) is 3.11. The maximum absolute atomic E-state index is 5.39. The van der Waals surface area contributed by atoms with Gasteiger partial charge in [0.15, 0.2) is 11.5 Å². The highest BCUT2D eigenvalue weighted by Crippen LogP contribution is 2.57. The SMILES string of the molecule is C#COc1ccc(-c2ccccc2)c2c1O2. The molecule has 0 spiro atoms. The van der Waals surface area contributed by atoms with E-state index in [4.69, 9.17) is 15.9 Å². The Morgan fingerprint density at radius 3 is 2.56 bits per heavy atom. The van der Waals surface area contributed by atoms with Crippen molar-refractivity contribution in [2.24, 2.45) is 0 Å². The summed E-state index contributed by atoms with van der Waals surface area (Å²) in [7, 11) is 0. The van der Waals surface area contributed by atoms with E-state index in [0.717, 1.165) is 22.6 Å². The summed E-state index contributed by atoms with van der Waals surface area (Å²) in [5, 5.41) is 0. The van der Waals surface area contributed by atoms with E-state index in [-0.39, 0.29) is 0 Å². The smallest absolute Gasteiger partial charge is 0.214 e. The first-order valence-electron chi connectivity index (χ1n) is 4.93. The van der Waals surface area contributed by atoms with Gasteiger partial charge in [-0.2, -0.15) is 0 Å². The highest BCUT2D eigenvalue weighted by molar-refractivity contribution is 5.82. The monoisotopic (exact) mass is 208 g/mol. The molecule has 16 heavy (non-hydrogen) atoms. The molecule has 2 aromatic carbocycles. The quantitative estimate of drug-likeness (QED) is 0.475. The number of rotatable bonds is 2. The van der Waals surface area contributed by atoms with E-state index in [1.54, 1.807) is 0 Å². The molecule has 0 unspecified atom stereocenters. The normalized spacial score (nSPS) is 10.9. The topological polar surface area (TPSA) is 21.8 Å². The van der Waals surface area contributed by atoms with Gasteiger partial charge in [0.2, 0.25) is 5.75 Å². The molecule has 76 valence electrons. The van der Waals surface area contributed by atoms with Crippen molar-refractivity contribution in [2.75, 3.05) is 0 Å². The van der Waals surface area contributed by atoms with Crippen LogP contribution in [0, 0.1) is 12.5 Å². The highest BCUT2D eigenvalue weighted by atomic mass is 16.6. The third kappa shape index (κ3) is 1.31. The molecule has 0 radical (unpaired) electrons. The molecule has 1 heterocycles. The molecule has 0 fully saturated rings. The van der Waals surface area contributed by atoms with Crippen LogP contribution in [0.25, 0.3) is 11.1 Å². The van der Waals surface area contributed by atoms with Gasteiger partial charge in [-0.25, -0.2) is 0 Å². The van der Waals surface area contributed by atoms with Gasteiger partial charge in [0.25, 0.3) is 0 Å². The predicted octanol–water partition coefficient (Wildman–Crippen LogP) is 3.43. The van der Waals surface area contributed by atoms with Gasteiger partial charge in [0.1, 0.15) is 6.11 Å². The van der Waals surface area contributed by atoms with Crippen LogP contribution in [0.4, 0.5) is 0 Å². The van der Waals surface area contributed by atoms with Crippen LogP contribution < -0.4 is 9.47 Å². The summed E-state index contributed by atoms with van der Waals surface area (Å²) in [4.78, 5) is 0. The van der Waals surface area contributed by atoms with Crippen LogP contribution in [-0.4, -0.2) is 0 Å². The number of terminal acetylenes is 1. The summed E-state index contributed by atoms with van der Waals surface area (Å²) < 4.78 is 10.4. The second kappa shape index (κ2) is 3.32. The van der Waals surface area contributed by atoms with Crippen molar-refractivity contribution in [1.29, 1.82) is 0 Å². The van der Waals surface area contributed by atoms with Gasteiger partial charge in [-0.3, -0.25) is 0 Å². The van der Waals surface area contributed by atoms with E-state index in [1.807, 2.05) is 42.5 Å². The van der Waals surface area contributed by atoms with Gasteiger partial charge in [-0.15, -0.1) is 0 Å². The zero-order chi connectivity index (χ0) is 11.0. The summed E-state index contributed by atoms with van der Waals surface area (Å²) >= 11 is 0. The van der Waals surface area contributed by atoms with Gasteiger partial charge in [-0.05, 0) is 17.7 Å². The minimum Gasteiger partial charge on any atom is -0.445 e. The molecule has 0 amide bonds. The summed E-state index contributed by atoms with van der Waals surface area (Å²) in [6.45, 7) is 0. The number of hydrogen-bond donors (Lipinski definition) is 0. The third-order valence-corrected chi connectivity index (χ3v) is 2.49. The molecule has 0 bridgehead atoms. The number of hydrogen-bond acceptors (Lipinski definition) is 2. The molecule has 3 rings (SSSR count). The molecule has 2 nitrogen and oxygen atoms in total. The summed E-state index contributed by atoms with van der Waals surface area (Å²) in [6.07, 6.45) is 7.21. The molecule has 0 saturated heterocycles. The Morgan fingerprint density at radius 2 is 1.81 bits per heavy atom. The molecule has 0 saturated carbocycles. The van der Waals surface area contributed by atoms with E-state index in [1.165, 1.54) is 0 Å². The largest absolute Gasteiger partial charge is 0.445 e. The van der Waals surface area contributed by atoms with Crippen LogP contribution in [0.1, 0.15) is 0 Å². The van der Waals surface area contributed by atoms with Crippen LogP contribution in [0.3, 0.4) is 0 Å². The lowest BCUT2D eigenvalue weighted by Crippen LogP contribution is -1.78. The fraction of sp³-hybridized carbons (Fsp3) is 0. The van der Waals surface area contributed by atoms with Crippen LogP contribution in [-0.2, 0) is 0 Å². The van der Waals surface area contributed by atoms with Gasteiger partial charge < -0.3 is 9.47 Å². The maximum atomic E-state index is 5.39. The minimum atomic E-state index is 0.609. The molecule has 0 aliphatic carbocycles. The summed E-state index contributed by atoms with van der Waals surface area (Å²) in [6, 6.07) is 13.8. The van der Waals surface area contributed by atoms with Crippen molar-refractivity contribution in [3.8, 4) is 40.9 Å². The van der Waals surface area contributed by atoms with E-state index >= 15 is 0 Å². The molecular formula is C14H8O2. The first kappa shape index (κ1) is 8.87. The number of ether oxygens (including phenoxy) is 2. The standard InChI is InChI=1S/C14H8O2/c1-2-15-12-9-8-11(13-14(12)16-13)10-6-4-3-5-7-10/h1,3-9H. The summed E-state index contributed by atoms with van der Waals surface area (Å²) in [5.74, 6) is 2.22. The van der Waals surface area contributed by atoms with E-state index in [9.17, 15) is 0 Å². The lowest BCUT2D eigenvalue weighted by Gasteiger charge is -1.98. The number of fused-ring (bicyclic) bond motifs is 1. The molecule has 1 aliphatic heterocycles. The Morgan fingerprint density at radius 1 is 1.00 bits per heavy atom. The van der Waals surface area contributed by atoms with Crippen LogP contribution in [0.15, 0.2) is 42.5 Å². The predicted molar refractivity (Wildman–Crippen MR) is 61.4 cm³/mol. The van der Waals surface area contributed by atoms with Gasteiger partial charge in [0.05, 0.1) is 0 Å². The van der Waals surface area contributed by atoms with Crippen LogP contribution >= 0.6 is 0 Å². The van der Waals surface area contributed by atoms with Crippen molar-refractivity contribution in [2.45, 2.75) is 0 Å². The molecule has 2 aromatic rings. The Balaban J connectivity index is 2.05. The van der Waals surface area contributed by atoms with Crippen molar-refractivity contribution in [1.82, 2.24) is 0 Å². The minimum absolute atomic E-state index is 0.609. The molecule has 1 aliphatic rings. The van der Waals surface area contributed by atoms with E-state index in [2.05, 4.69) is 6.11 Å². The zero-order valence-corrected chi connectivity index (χ0v) is 8.44. The van der Waals surface area contributed by atoms with Crippen molar-refractivity contribution in [3.63, 3.8) is 0 Å². The first-order valence-corrected chi connectivity index (χ1v) is 4.93. The van der Waals surface area contributed by atoms with Gasteiger partial charge in [-0.1, -0.05) is 36.8 Å². The first-order chi connectivity index (χ1) is 7.90. The Kier molecular flexibility index (Phi) is 1.84. The fourth-order valence-corrected chi connectivity index (χ4v) is 1.72. The Labute approximate surface area is 93.4 Å². The third-order valence-electron chi connectivity index (χ3n) is 2.49. The van der Waals surface area contributed by atoms with Crippen molar-refractivity contribution < 1.29 is 9.47 Å². The lowest BCUT2D eigenvalue weighted by atomic mass is 10.1. The van der Waals surface area contributed by atoms with E-state index < -0.39 is 0 Å². The molecule has 0 atom stereocenters. The Hall–Kier alpha value is -2.40. The molecule has 0 aromatic heterocycles. The lowest BCUT2D eigenvalue weighted by molar-refractivity contribution is 0.505. The van der Waals surface area contributed by atoms with Crippen LogP contribution in [0.2, 0.25) is 0 Å². The van der Waals surface area contributed by atoms with Gasteiger partial charge in [0, 0.05) is 5.56 Å². The van der Waals surface area contributed by atoms with Crippen molar-refractivity contribution >= 4 is 0 Å². The molecular weight excluding hydrogens is 200 g/mol. The zero-order valence-electron chi connectivity index (χ0n) is 8.44. The fourth-order valence-electron chi connectivity index (χ4n) is 1.72. The van der Waals surface area contributed by atoms with E-state index in [0.29, 0.717) is 5.75 Å². The second-order valence-electron chi connectivity index (χ2n) is 3.46. The highest BCUT2D eigenvalue weighted by Gasteiger charge is 2.30. The number of benzene rings is 2. The van der Waals surface area contributed by atoms with Crippen LogP contribution in [0.5, 0.6) is 17.2 Å².